The molecule has 0 amide bonds. The van der Waals surface area contributed by atoms with Crippen LogP contribution in [0, 0.1) is 0 Å². The summed E-state index contributed by atoms with van der Waals surface area (Å²) >= 11 is 0. The standard InChI is InChI=1S/C15H16N6/c16-15-12(7-11-3-1-2-4-13(11)18-15)8-20-5-6-21-10-17-19-14(21)9-20/h1-4,7,10H,5-6,8-9H2,(H2,16,18). The van der Waals surface area contributed by atoms with Gasteiger partial charge in [0.15, 0.2) is 0 Å². The fourth-order valence-corrected chi connectivity index (χ4v) is 2.79. The van der Waals surface area contributed by atoms with Gasteiger partial charge in [-0.3, -0.25) is 4.90 Å². The van der Waals surface area contributed by atoms with E-state index in [0.29, 0.717) is 5.82 Å². The number of anilines is 1. The zero-order valence-corrected chi connectivity index (χ0v) is 11.6. The lowest BCUT2D eigenvalue weighted by molar-refractivity contribution is 0.209. The van der Waals surface area contributed by atoms with E-state index in [4.69, 9.17) is 5.73 Å². The van der Waals surface area contributed by atoms with Crippen LogP contribution in [0.1, 0.15) is 11.4 Å². The Bertz CT molecular complexity index is 794. The lowest BCUT2D eigenvalue weighted by atomic mass is 10.1. The first-order valence-electron chi connectivity index (χ1n) is 7.03. The van der Waals surface area contributed by atoms with E-state index in [2.05, 4.69) is 36.8 Å². The molecule has 1 aliphatic rings. The molecule has 6 heteroatoms. The average molecular weight is 280 g/mol. The maximum Gasteiger partial charge on any atom is 0.147 e. The Morgan fingerprint density at radius 3 is 3.05 bits per heavy atom. The second kappa shape index (κ2) is 4.82. The molecule has 106 valence electrons. The summed E-state index contributed by atoms with van der Waals surface area (Å²) < 4.78 is 2.10. The van der Waals surface area contributed by atoms with Gasteiger partial charge in [0, 0.05) is 30.6 Å². The highest BCUT2D eigenvalue weighted by atomic mass is 15.3. The molecule has 21 heavy (non-hydrogen) atoms. The summed E-state index contributed by atoms with van der Waals surface area (Å²) in [4.78, 5) is 6.82. The Labute approximate surface area is 122 Å². The summed E-state index contributed by atoms with van der Waals surface area (Å²) in [7, 11) is 0. The van der Waals surface area contributed by atoms with Gasteiger partial charge in [-0.25, -0.2) is 4.98 Å². The van der Waals surface area contributed by atoms with Gasteiger partial charge in [0.25, 0.3) is 0 Å². The maximum absolute atomic E-state index is 6.11. The SMILES string of the molecule is Nc1nc2ccccc2cc1CN1CCn2cnnc2C1. The van der Waals surface area contributed by atoms with Gasteiger partial charge in [0.1, 0.15) is 18.0 Å². The number of nitrogens with two attached hydrogens (primary N) is 1. The molecule has 0 unspecified atom stereocenters. The molecule has 1 aromatic carbocycles. The van der Waals surface area contributed by atoms with Gasteiger partial charge in [-0.2, -0.15) is 0 Å². The van der Waals surface area contributed by atoms with E-state index in [-0.39, 0.29) is 0 Å². The number of nitrogen functional groups attached to an aromatic ring is 1. The van der Waals surface area contributed by atoms with Gasteiger partial charge in [-0.1, -0.05) is 18.2 Å². The van der Waals surface area contributed by atoms with Crippen LogP contribution in [-0.4, -0.2) is 31.2 Å². The summed E-state index contributed by atoms with van der Waals surface area (Å²) in [6.45, 7) is 3.48. The predicted molar refractivity (Wildman–Crippen MR) is 80.3 cm³/mol. The number of aromatic nitrogens is 4. The smallest absolute Gasteiger partial charge is 0.147 e. The Morgan fingerprint density at radius 2 is 2.10 bits per heavy atom. The van der Waals surface area contributed by atoms with Crippen molar-refractivity contribution in [3.63, 3.8) is 0 Å². The van der Waals surface area contributed by atoms with Crippen molar-refractivity contribution in [3.8, 4) is 0 Å². The number of para-hydroxylation sites is 1. The quantitative estimate of drug-likeness (QED) is 0.768. The number of hydrogen-bond donors (Lipinski definition) is 1. The van der Waals surface area contributed by atoms with Crippen molar-refractivity contribution in [2.45, 2.75) is 19.6 Å². The van der Waals surface area contributed by atoms with Crippen molar-refractivity contribution in [3.05, 3.63) is 48.0 Å². The third-order valence-corrected chi connectivity index (χ3v) is 3.95. The van der Waals surface area contributed by atoms with E-state index < -0.39 is 0 Å². The molecule has 0 radical (unpaired) electrons. The van der Waals surface area contributed by atoms with Crippen molar-refractivity contribution in [1.82, 2.24) is 24.6 Å². The first-order chi connectivity index (χ1) is 10.3. The van der Waals surface area contributed by atoms with Crippen LogP contribution in [0.3, 0.4) is 0 Å². The van der Waals surface area contributed by atoms with Crippen LogP contribution in [0.5, 0.6) is 0 Å². The largest absolute Gasteiger partial charge is 0.383 e. The highest BCUT2D eigenvalue weighted by Crippen LogP contribution is 2.21. The van der Waals surface area contributed by atoms with E-state index in [9.17, 15) is 0 Å². The average Bonchev–Trinajstić information content (AvgIpc) is 2.95. The Morgan fingerprint density at radius 1 is 1.19 bits per heavy atom. The summed E-state index contributed by atoms with van der Waals surface area (Å²) in [5.74, 6) is 1.62. The molecular formula is C15H16N6. The van der Waals surface area contributed by atoms with E-state index in [1.807, 2.05) is 18.2 Å². The predicted octanol–water partition coefficient (Wildman–Crippen LogP) is 1.42. The highest BCUT2D eigenvalue weighted by Gasteiger charge is 2.18. The van der Waals surface area contributed by atoms with E-state index in [0.717, 1.165) is 48.5 Å². The number of hydrogen-bond acceptors (Lipinski definition) is 5. The third kappa shape index (κ3) is 2.23. The fraction of sp³-hybridized carbons (Fsp3) is 0.267. The minimum atomic E-state index is 0.612. The lowest BCUT2D eigenvalue weighted by Gasteiger charge is -2.27. The minimum absolute atomic E-state index is 0.612. The van der Waals surface area contributed by atoms with Gasteiger partial charge in [0.2, 0.25) is 0 Å². The van der Waals surface area contributed by atoms with Crippen LogP contribution in [0.2, 0.25) is 0 Å². The van der Waals surface area contributed by atoms with Crippen molar-refractivity contribution in [2.24, 2.45) is 0 Å². The van der Waals surface area contributed by atoms with Crippen LogP contribution in [-0.2, 0) is 19.6 Å². The van der Waals surface area contributed by atoms with Gasteiger partial charge in [-0.15, -0.1) is 10.2 Å². The maximum atomic E-state index is 6.11. The van der Waals surface area contributed by atoms with Crippen molar-refractivity contribution < 1.29 is 0 Å². The van der Waals surface area contributed by atoms with Crippen LogP contribution >= 0.6 is 0 Å². The van der Waals surface area contributed by atoms with Crippen LogP contribution in [0.4, 0.5) is 5.82 Å². The minimum Gasteiger partial charge on any atom is -0.383 e. The number of fused-ring (bicyclic) bond motifs is 2. The normalized spacial score (nSPS) is 15.2. The molecule has 2 N–H and O–H groups in total. The zero-order valence-electron chi connectivity index (χ0n) is 11.6. The van der Waals surface area contributed by atoms with Gasteiger partial charge in [0.05, 0.1) is 12.1 Å². The Kier molecular flexibility index (Phi) is 2.82. The molecule has 0 bridgehead atoms. The summed E-state index contributed by atoms with van der Waals surface area (Å²) in [5.41, 5.74) is 8.12. The Hall–Kier alpha value is -2.47. The number of pyridine rings is 1. The first-order valence-corrected chi connectivity index (χ1v) is 7.03. The number of rotatable bonds is 2. The number of benzene rings is 1. The molecule has 0 fully saturated rings. The van der Waals surface area contributed by atoms with Crippen LogP contribution in [0.25, 0.3) is 10.9 Å². The molecule has 0 saturated carbocycles. The summed E-state index contributed by atoms with van der Waals surface area (Å²) in [6, 6.07) is 10.2. The second-order valence-corrected chi connectivity index (χ2v) is 5.38. The molecule has 0 saturated heterocycles. The first kappa shape index (κ1) is 12.3. The van der Waals surface area contributed by atoms with Gasteiger partial charge >= 0.3 is 0 Å². The summed E-state index contributed by atoms with van der Waals surface area (Å²) in [5, 5.41) is 9.23. The molecule has 0 aliphatic carbocycles. The molecule has 2 aromatic heterocycles. The Balaban J connectivity index is 1.61. The van der Waals surface area contributed by atoms with E-state index >= 15 is 0 Å². The van der Waals surface area contributed by atoms with Crippen LogP contribution < -0.4 is 5.73 Å². The van der Waals surface area contributed by atoms with E-state index in [1.165, 1.54) is 0 Å². The monoisotopic (exact) mass is 280 g/mol. The van der Waals surface area contributed by atoms with Crippen LogP contribution in [0.15, 0.2) is 36.7 Å². The summed E-state index contributed by atoms with van der Waals surface area (Å²) in [6.07, 6.45) is 1.79. The fourth-order valence-electron chi connectivity index (χ4n) is 2.79. The molecular weight excluding hydrogens is 264 g/mol. The zero-order chi connectivity index (χ0) is 14.2. The van der Waals surface area contributed by atoms with Crippen molar-refractivity contribution >= 4 is 16.7 Å². The molecule has 4 rings (SSSR count). The lowest BCUT2D eigenvalue weighted by Crippen LogP contribution is -2.33. The molecule has 6 nitrogen and oxygen atoms in total. The van der Waals surface area contributed by atoms with Crippen molar-refractivity contribution in [1.29, 1.82) is 0 Å². The second-order valence-electron chi connectivity index (χ2n) is 5.38. The van der Waals surface area contributed by atoms with E-state index in [1.54, 1.807) is 6.33 Å². The highest BCUT2D eigenvalue weighted by molar-refractivity contribution is 5.81. The molecule has 0 spiro atoms. The molecule has 3 aromatic rings. The number of nitrogens with zero attached hydrogens (tertiary/aromatic N) is 5. The van der Waals surface area contributed by atoms with Gasteiger partial charge in [-0.05, 0) is 12.1 Å². The topological polar surface area (TPSA) is 72.9 Å². The molecule has 3 heterocycles. The van der Waals surface area contributed by atoms with Crippen molar-refractivity contribution in [2.75, 3.05) is 12.3 Å². The molecule has 1 aliphatic heterocycles. The third-order valence-electron chi connectivity index (χ3n) is 3.95. The van der Waals surface area contributed by atoms with Gasteiger partial charge < -0.3 is 10.3 Å². The molecule has 0 atom stereocenters.